The van der Waals surface area contributed by atoms with Crippen LogP contribution in [0.3, 0.4) is 0 Å². The van der Waals surface area contributed by atoms with E-state index < -0.39 is 10.0 Å². The Labute approximate surface area is 173 Å². The lowest BCUT2D eigenvalue weighted by molar-refractivity contribution is -0.133. The number of amides is 2. The van der Waals surface area contributed by atoms with Gasteiger partial charge in [-0.25, -0.2) is 8.42 Å². The molecule has 3 rings (SSSR count). The van der Waals surface area contributed by atoms with Gasteiger partial charge in [0.15, 0.2) is 0 Å². The maximum absolute atomic E-state index is 12.7. The molecule has 0 aliphatic carbocycles. The minimum absolute atomic E-state index is 0.00977. The van der Waals surface area contributed by atoms with Gasteiger partial charge < -0.3 is 10.2 Å². The van der Waals surface area contributed by atoms with E-state index in [1.54, 1.807) is 18.2 Å². The molecule has 0 radical (unpaired) electrons. The summed E-state index contributed by atoms with van der Waals surface area (Å²) in [6.45, 7) is 6.41. The Morgan fingerprint density at radius 3 is 2.38 bits per heavy atom. The number of benzene rings is 1. The zero-order chi connectivity index (χ0) is 21.0. The Morgan fingerprint density at radius 2 is 1.76 bits per heavy atom. The minimum Gasteiger partial charge on any atom is -0.349 e. The third-order valence-electron chi connectivity index (χ3n) is 5.56. The molecule has 2 aliphatic heterocycles. The highest BCUT2D eigenvalue weighted by molar-refractivity contribution is 7.89. The van der Waals surface area contributed by atoms with Gasteiger partial charge in [0.25, 0.3) is 5.91 Å². The molecule has 2 amide bonds. The van der Waals surface area contributed by atoms with Gasteiger partial charge in [0.2, 0.25) is 15.9 Å². The van der Waals surface area contributed by atoms with Crippen LogP contribution in [0, 0.1) is 5.92 Å². The highest BCUT2D eigenvalue weighted by atomic mass is 32.2. The topological polar surface area (TPSA) is 86.8 Å². The van der Waals surface area contributed by atoms with Crippen molar-refractivity contribution in [1.82, 2.24) is 14.5 Å². The number of carbonyl (C=O) groups is 2. The summed E-state index contributed by atoms with van der Waals surface area (Å²) in [7, 11) is -3.55. The maximum Gasteiger partial charge on any atom is 0.251 e. The van der Waals surface area contributed by atoms with Crippen molar-refractivity contribution in [1.29, 1.82) is 0 Å². The number of nitrogens with one attached hydrogen (secondary N) is 1. The van der Waals surface area contributed by atoms with Crippen molar-refractivity contribution in [3.8, 4) is 0 Å². The summed E-state index contributed by atoms with van der Waals surface area (Å²) >= 11 is 0. The second-order valence-corrected chi connectivity index (χ2v) is 10.3. The van der Waals surface area contributed by atoms with E-state index in [2.05, 4.69) is 5.32 Å². The van der Waals surface area contributed by atoms with Gasteiger partial charge in [0, 0.05) is 44.2 Å². The lowest BCUT2D eigenvalue weighted by Gasteiger charge is -2.33. The van der Waals surface area contributed by atoms with E-state index in [0.29, 0.717) is 56.9 Å². The van der Waals surface area contributed by atoms with Crippen LogP contribution < -0.4 is 5.32 Å². The summed E-state index contributed by atoms with van der Waals surface area (Å²) in [5.41, 5.74) is 0.351. The quantitative estimate of drug-likeness (QED) is 0.763. The lowest BCUT2D eigenvalue weighted by Crippen LogP contribution is -2.46. The maximum atomic E-state index is 12.7. The van der Waals surface area contributed by atoms with E-state index in [1.807, 2.05) is 18.7 Å². The molecule has 2 heterocycles. The van der Waals surface area contributed by atoms with Crippen LogP contribution in [-0.2, 0) is 14.8 Å². The highest BCUT2D eigenvalue weighted by Gasteiger charge is 2.28. The van der Waals surface area contributed by atoms with E-state index in [9.17, 15) is 18.0 Å². The average Bonchev–Trinajstić information content (AvgIpc) is 3.24. The second kappa shape index (κ2) is 9.26. The lowest BCUT2D eigenvalue weighted by atomic mass is 10.0. The number of carbonyl (C=O) groups excluding carboxylic acids is 2. The van der Waals surface area contributed by atoms with E-state index in [1.165, 1.54) is 10.4 Å². The van der Waals surface area contributed by atoms with Crippen molar-refractivity contribution >= 4 is 21.8 Å². The molecule has 0 unspecified atom stereocenters. The number of hydrogen-bond donors (Lipinski definition) is 1. The van der Waals surface area contributed by atoms with Gasteiger partial charge in [-0.1, -0.05) is 19.9 Å². The smallest absolute Gasteiger partial charge is 0.251 e. The fraction of sp³-hybridized carbons (Fsp3) is 0.619. The monoisotopic (exact) mass is 421 g/mol. The molecule has 2 aliphatic rings. The van der Waals surface area contributed by atoms with Crippen molar-refractivity contribution in [2.75, 3.05) is 26.2 Å². The van der Waals surface area contributed by atoms with Gasteiger partial charge >= 0.3 is 0 Å². The minimum atomic E-state index is -3.55. The van der Waals surface area contributed by atoms with Crippen molar-refractivity contribution in [2.45, 2.75) is 56.9 Å². The van der Waals surface area contributed by atoms with Crippen molar-refractivity contribution in [3.63, 3.8) is 0 Å². The van der Waals surface area contributed by atoms with Gasteiger partial charge in [-0.2, -0.15) is 4.31 Å². The third kappa shape index (κ3) is 5.36. The Morgan fingerprint density at radius 1 is 1.10 bits per heavy atom. The molecule has 0 spiro atoms. The molecular weight excluding hydrogens is 390 g/mol. The SMILES string of the molecule is CC(C)CC(=O)N1CCC(NC(=O)c2cccc(S(=O)(=O)N3CCCC3)c2)CC1. The van der Waals surface area contributed by atoms with E-state index >= 15 is 0 Å². The van der Waals surface area contributed by atoms with Crippen molar-refractivity contribution in [2.24, 2.45) is 5.92 Å². The van der Waals surface area contributed by atoms with Crippen LogP contribution in [-0.4, -0.2) is 61.7 Å². The molecule has 0 saturated carbocycles. The van der Waals surface area contributed by atoms with Crippen LogP contribution in [0.2, 0.25) is 0 Å². The van der Waals surface area contributed by atoms with Crippen LogP contribution >= 0.6 is 0 Å². The van der Waals surface area contributed by atoms with E-state index in [-0.39, 0.29) is 22.8 Å². The van der Waals surface area contributed by atoms with Gasteiger partial charge in [-0.05, 0) is 49.8 Å². The fourth-order valence-electron chi connectivity index (χ4n) is 3.90. The van der Waals surface area contributed by atoms with Crippen LogP contribution in [0.25, 0.3) is 0 Å². The summed E-state index contributed by atoms with van der Waals surface area (Å²) in [6.07, 6.45) is 3.72. The summed E-state index contributed by atoms with van der Waals surface area (Å²) in [6, 6.07) is 6.25. The molecule has 0 aromatic heterocycles. The van der Waals surface area contributed by atoms with Crippen LogP contribution in [0.5, 0.6) is 0 Å². The number of nitrogens with zero attached hydrogens (tertiary/aromatic N) is 2. The predicted molar refractivity (Wildman–Crippen MR) is 111 cm³/mol. The number of rotatable bonds is 6. The average molecular weight is 422 g/mol. The first-order valence-electron chi connectivity index (χ1n) is 10.5. The second-order valence-electron chi connectivity index (χ2n) is 8.37. The molecular formula is C21H31N3O4S. The zero-order valence-electron chi connectivity index (χ0n) is 17.3. The molecule has 7 nitrogen and oxygen atoms in total. The number of likely N-dealkylation sites (tertiary alicyclic amines) is 1. The molecule has 1 aromatic rings. The normalized spacial score (nSPS) is 18.9. The molecule has 0 bridgehead atoms. The standard InChI is InChI=1S/C21H31N3O4S/c1-16(2)14-20(25)23-12-8-18(9-13-23)22-21(26)17-6-5-7-19(15-17)29(27,28)24-10-3-4-11-24/h5-7,15-16,18H,3-4,8-14H2,1-2H3,(H,22,26). The van der Waals surface area contributed by atoms with E-state index in [4.69, 9.17) is 0 Å². The molecule has 2 fully saturated rings. The number of sulfonamides is 1. The Kier molecular flexibility index (Phi) is 6.95. The largest absolute Gasteiger partial charge is 0.349 e. The molecule has 160 valence electrons. The first-order valence-corrected chi connectivity index (χ1v) is 11.9. The first-order chi connectivity index (χ1) is 13.8. The van der Waals surface area contributed by atoms with Gasteiger partial charge in [0.1, 0.15) is 0 Å². The van der Waals surface area contributed by atoms with Crippen LogP contribution in [0.1, 0.15) is 56.3 Å². The number of piperidine rings is 1. The van der Waals surface area contributed by atoms with Crippen molar-refractivity contribution < 1.29 is 18.0 Å². The summed E-state index contributed by atoms with van der Waals surface area (Å²) in [5.74, 6) is 0.240. The Balaban J connectivity index is 1.59. The molecule has 2 saturated heterocycles. The summed E-state index contributed by atoms with van der Waals surface area (Å²) < 4.78 is 26.9. The Hall–Kier alpha value is -1.93. The summed E-state index contributed by atoms with van der Waals surface area (Å²) in [4.78, 5) is 26.9. The summed E-state index contributed by atoms with van der Waals surface area (Å²) in [5, 5.41) is 3.00. The molecule has 1 N–H and O–H groups in total. The van der Waals surface area contributed by atoms with E-state index in [0.717, 1.165) is 12.8 Å². The van der Waals surface area contributed by atoms with Crippen LogP contribution in [0.4, 0.5) is 0 Å². The van der Waals surface area contributed by atoms with Gasteiger partial charge in [0.05, 0.1) is 4.90 Å². The highest BCUT2D eigenvalue weighted by Crippen LogP contribution is 2.22. The van der Waals surface area contributed by atoms with Gasteiger partial charge in [-0.3, -0.25) is 9.59 Å². The van der Waals surface area contributed by atoms with Crippen molar-refractivity contribution in [3.05, 3.63) is 29.8 Å². The fourth-order valence-corrected chi connectivity index (χ4v) is 5.46. The van der Waals surface area contributed by atoms with Crippen LogP contribution in [0.15, 0.2) is 29.2 Å². The predicted octanol–water partition coefficient (Wildman–Crippen LogP) is 2.24. The third-order valence-corrected chi connectivity index (χ3v) is 7.46. The molecule has 1 aromatic carbocycles. The van der Waals surface area contributed by atoms with Gasteiger partial charge in [-0.15, -0.1) is 0 Å². The molecule has 29 heavy (non-hydrogen) atoms. The molecule has 8 heteroatoms. The molecule has 0 atom stereocenters. The Bertz CT molecular complexity index is 839. The number of hydrogen-bond acceptors (Lipinski definition) is 4. The first kappa shape index (κ1) is 21.8. The zero-order valence-corrected chi connectivity index (χ0v) is 18.1.